The van der Waals surface area contributed by atoms with Gasteiger partial charge in [-0.1, -0.05) is 156 Å². The van der Waals surface area contributed by atoms with E-state index in [-0.39, 0.29) is 16.6 Å². The van der Waals surface area contributed by atoms with Gasteiger partial charge in [-0.05, 0) is 118 Å². The highest BCUT2D eigenvalue weighted by atomic mass is 16.1. The van der Waals surface area contributed by atoms with Gasteiger partial charge in [-0.25, -0.2) is 0 Å². The molecule has 0 N–H and O–H groups in total. The number of carbonyl (C=O) groups is 1. The van der Waals surface area contributed by atoms with E-state index in [1.165, 1.54) is 21.9 Å². The van der Waals surface area contributed by atoms with Crippen LogP contribution in [0.4, 0.5) is 28.4 Å². The molecule has 65 heavy (non-hydrogen) atoms. The Balaban J connectivity index is 1.06. The minimum atomic E-state index is -0.338. The Hall–Kier alpha value is -7.95. The first-order valence-corrected chi connectivity index (χ1v) is 22.4. The fraction of sp³-hybridized carbons (Fsp3) is 0.0984. The van der Waals surface area contributed by atoms with Crippen molar-refractivity contribution in [2.24, 2.45) is 0 Å². The Morgan fingerprint density at radius 2 is 1.14 bits per heavy atom. The predicted molar refractivity (Wildman–Crippen MR) is 272 cm³/mol. The van der Waals surface area contributed by atoms with Crippen molar-refractivity contribution in [3.05, 3.63) is 252 Å². The summed E-state index contributed by atoms with van der Waals surface area (Å²) in [4.78, 5) is 18.5. The molecular formula is C61H49N3O. The van der Waals surface area contributed by atoms with E-state index in [2.05, 4.69) is 213 Å². The van der Waals surface area contributed by atoms with Gasteiger partial charge in [0.2, 0.25) is 0 Å². The van der Waals surface area contributed by atoms with Crippen LogP contribution in [-0.2, 0) is 10.8 Å². The smallest absolute Gasteiger partial charge is 0.193 e. The zero-order chi connectivity index (χ0) is 44.6. The molecule has 1 aliphatic heterocycles. The van der Waals surface area contributed by atoms with E-state index >= 15 is 0 Å². The Kier molecular flexibility index (Phi) is 9.26. The van der Waals surface area contributed by atoms with Gasteiger partial charge in [0, 0.05) is 61.2 Å². The molecule has 2 aliphatic rings. The lowest BCUT2D eigenvalue weighted by Crippen LogP contribution is -2.31. The maximum absolute atomic E-state index is 13.8. The SMILES string of the molecule is C=C/C=C(\C=C)N(c1ccc2c(c1)C(C)(C)c1ccccc1N2c1cccc(-c2ccc3c(c2)C(C)(C)c2ccccc2C3=O)c1)c1ccc2c3ccccc3n(-c3ccccc3)c2c1. The molecule has 2 heterocycles. The van der Waals surface area contributed by atoms with Gasteiger partial charge >= 0.3 is 0 Å². The van der Waals surface area contributed by atoms with Gasteiger partial charge in [0.05, 0.1) is 22.4 Å². The van der Waals surface area contributed by atoms with Crippen molar-refractivity contribution in [3.8, 4) is 16.8 Å². The summed E-state index contributed by atoms with van der Waals surface area (Å²) in [5, 5.41) is 2.41. The second-order valence-electron chi connectivity index (χ2n) is 18.2. The van der Waals surface area contributed by atoms with Crippen molar-refractivity contribution in [2.45, 2.75) is 38.5 Å². The highest BCUT2D eigenvalue weighted by Gasteiger charge is 2.39. The van der Waals surface area contributed by atoms with Gasteiger partial charge in [0.1, 0.15) is 0 Å². The highest BCUT2D eigenvalue weighted by molar-refractivity contribution is 6.13. The number of anilines is 5. The molecule has 0 spiro atoms. The summed E-state index contributed by atoms with van der Waals surface area (Å²) in [6.45, 7) is 17.5. The molecule has 11 rings (SSSR count). The molecule has 0 amide bonds. The van der Waals surface area contributed by atoms with E-state index in [1.54, 1.807) is 0 Å². The number of hydrogen-bond donors (Lipinski definition) is 0. The molecule has 1 aromatic heterocycles. The van der Waals surface area contributed by atoms with Crippen LogP contribution < -0.4 is 9.80 Å². The zero-order valence-corrected chi connectivity index (χ0v) is 37.2. The number of benzene rings is 8. The summed E-state index contributed by atoms with van der Waals surface area (Å²) >= 11 is 0. The van der Waals surface area contributed by atoms with Crippen LogP contribution in [-0.4, -0.2) is 10.4 Å². The Morgan fingerprint density at radius 1 is 0.508 bits per heavy atom. The number of para-hydroxylation sites is 3. The van der Waals surface area contributed by atoms with E-state index in [9.17, 15) is 4.79 Å². The number of rotatable bonds is 8. The molecule has 314 valence electrons. The Bertz CT molecular complexity index is 3460. The number of allylic oxidation sites excluding steroid dienone is 3. The number of fused-ring (bicyclic) bond motifs is 7. The van der Waals surface area contributed by atoms with Crippen molar-refractivity contribution in [1.29, 1.82) is 0 Å². The molecule has 8 aromatic carbocycles. The molecule has 1 aliphatic carbocycles. The lowest BCUT2D eigenvalue weighted by molar-refractivity contribution is 0.103. The fourth-order valence-corrected chi connectivity index (χ4v) is 10.6. The first-order valence-electron chi connectivity index (χ1n) is 22.4. The van der Waals surface area contributed by atoms with E-state index in [4.69, 9.17) is 0 Å². The highest BCUT2D eigenvalue weighted by Crippen LogP contribution is 2.54. The average molecular weight is 840 g/mol. The molecule has 9 aromatic rings. The van der Waals surface area contributed by atoms with Gasteiger partial charge < -0.3 is 14.4 Å². The summed E-state index contributed by atoms with van der Waals surface area (Å²) in [7, 11) is 0. The normalized spacial score (nSPS) is 14.6. The fourth-order valence-electron chi connectivity index (χ4n) is 10.6. The largest absolute Gasteiger partial charge is 0.310 e. The van der Waals surface area contributed by atoms with Crippen molar-refractivity contribution in [1.82, 2.24) is 4.57 Å². The summed E-state index contributed by atoms with van der Waals surface area (Å²) in [5.41, 5.74) is 17.3. The molecule has 0 radical (unpaired) electrons. The van der Waals surface area contributed by atoms with Crippen LogP contribution in [0.25, 0.3) is 38.6 Å². The standard InChI is InChI=1S/C61H49N3O/c1-7-19-42(8-2)62(46-31-34-48-47-24-13-16-28-55(47)63(58(48)39-46)43-21-10-9-11-22-43)45-32-35-57-54(38-45)61(5,6)52-27-15-17-29-56(52)64(57)44-23-18-20-40(36-44)41-30-33-50-53(37-41)60(3,4)51-26-14-12-25-49(51)59(50)65/h7-39H,1-2H2,3-6H3/b42-19+. The maximum Gasteiger partial charge on any atom is 0.193 e. The van der Waals surface area contributed by atoms with Crippen LogP contribution in [0.3, 0.4) is 0 Å². The molecule has 0 saturated heterocycles. The summed E-state index contributed by atoms with van der Waals surface area (Å²) in [6.07, 6.45) is 5.77. The van der Waals surface area contributed by atoms with Gasteiger partial charge in [-0.3, -0.25) is 4.79 Å². The van der Waals surface area contributed by atoms with E-state index in [0.29, 0.717) is 0 Å². The molecule has 4 heteroatoms. The minimum absolute atomic E-state index is 0.0911. The van der Waals surface area contributed by atoms with Crippen molar-refractivity contribution in [3.63, 3.8) is 0 Å². The van der Waals surface area contributed by atoms with Crippen molar-refractivity contribution < 1.29 is 4.79 Å². The second kappa shape index (κ2) is 15.1. The first-order chi connectivity index (χ1) is 31.6. The topological polar surface area (TPSA) is 28.5 Å². The summed E-state index contributed by atoms with van der Waals surface area (Å²) < 4.78 is 2.36. The number of aromatic nitrogens is 1. The summed E-state index contributed by atoms with van der Waals surface area (Å²) in [5.74, 6) is 0.0911. The third-order valence-corrected chi connectivity index (χ3v) is 13.9. The first kappa shape index (κ1) is 39.9. The number of nitrogens with zero attached hydrogens (tertiary/aromatic N) is 3. The number of ketones is 1. The molecule has 4 nitrogen and oxygen atoms in total. The van der Waals surface area contributed by atoms with Crippen LogP contribution in [0.15, 0.2) is 219 Å². The second-order valence-corrected chi connectivity index (χ2v) is 18.2. The van der Waals surface area contributed by atoms with Gasteiger partial charge in [-0.2, -0.15) is 0 Å². The predicted octanol–water partition coefficient (Wildman–Crippen LogP) is 15.8. The third kappa shape index (κ3) is 6.16. The molecular weight excluding hydrogens is 791 g/mol. The van der Waals surface area contributed by atoms with Crippen molar-refractivity contribution in [2.75, 3.05) is 9.80 Å². The van der Waals surface area contributed by atoms with Crippen molar-refractivity contribution >= 4 is 56.0 Å². The lowest BCUT2D eigenvalue weighted by atomic mass is 9.68. The lowest BCUT2D eigenvalue weighted by Gasteiger charge is -2.43. The average Bonchev–Trinajstić information content (AvgIpc) is 3.67. The molecule has 0 saturated carbocycles. The molecule has 0 fully saturated rings. The Morgan fingerprint density at radius 3 is 1.95 bits per heavy atom. The van der Waals surface area contributed by atoms with E-state index < -0.39 is 0 Å². The Labute approximate surface area is 381 Å². The zero-order valence-electron chi connectivity index (χ0n) is 37.2. The molecule has 0 atom stereocenters. The minimum Gasteiger partial charge on any atom is -0.310 e. The third-order valence-electron chi connectivity index (χ3n) is 13.9. The number of hydrogen-bond acceptors (Lipinski definition) is 3. The van der Waals surface area contributed by atoms with Crippen LogP contribution in [0.5, 0.6) is 0 Å². The molecule has 0 bridgehead atoms. The quantitative estimate of drug-likeness (QED) is 0.143. The van der Waals surface area contributed by atoms with Crippen LogP contribution in [0.1, 0.15) is 65.9 Å². The van der Waals surface area contributed by atoms with Crippen LogP contribution >= 0.6 is 0 Å². The molecule has 0 unspecified atom stereocenters. The van der Waals surface area contributed by atoms with Gasteiger partial charge in [0.25, 0.3) is 0 Å². The van der Waals surface area contributed by atoms with Crippen LogP contribution in [0, 0.1) is 0 Å². The van der Waals surface area contributed by atoms with E-state index in [1.807, 2.05) is 42.5 Å². The van der Waals surface area contributed by atoms with Gasteiger partial charge in [0.15, 0.2) is 5.78 Å². The van der Waals surface area contributed by atoms with E-state index in [0.717, 1.165) is 84.2 Å². The maximum atomic E-state index is 13.8. The monoisotopic (exact) mass is 839 g/mol. The summed E-state index contributed by atoms with van der Waals surface area (Å²) in [6, 6.07) is 64.9. The number of carbonyl (C=O) groups excluding carboxylic acids is 1. The van der Waals surface area contributed by atoms with Gasteiger partial charge in [-0.15, -0.1) is 0 Å². The van der Waals surface area contributed by atoms with Crippen LogP contribution in [0.2, 0.25) is 0 Å².